The van der Waals surface area contributed by atoms with E-state index in [1.54, 1.807) is 6.07 Å². The highest BCUT2D eigenvalue weighted by atomic mass is 79.9. The van der Waals surface area contributed by atoms with E-state index in [9.17, 15) is 8.42 Å². The first kappa shape index (κ1) is 14.0. The maximum Gasteiger partial charge on any atom is 0.236 e. The van der Waals surface area contributed by atoms with Crippen LogP contribution in [-0.4, -0.2) is 15.2 Å². The van der Waals surface area contributed by atoms with E-state index >= 15 is 0 Å². The predicted molar refractivity (Wildman–Crippen MR) is 72.8 cm³/mol. The number of halogens is 2. The van der Waals surface area contributed by atoms with Crippen molar-refractivity contribution in [2.75, 3.05) is 6.79 Å². The van der Waals surface area contributed by atoms with Gasteiger partial charge in [0.15, 0.2) is 11.5 Å². The molecule has 1 aliphatic rings. The van der Waals surface area contributed by atoms with Crippen molar-refractivity contribution in [3.8, 4) is 11.5 Å². The smallest absolute Gasteiger partial charge is 0.236 e. The van der Waals surface area contributed by atoms with Crippen molar-refractivity contribution in [3.05, 3.63) is 21.7 Å². The van der Waals surface area contributed by atoms with Crippen LogP contribution in [0.2, 0.25) is 0 Å². The van der Waals surface area contributed by atoms with E-state index in [0.717, 1.165) is 5.56 Å². The zero-order chi connectivity index (χ0) is 13.5. The Labute approximate surface area is 119 Å². The van der Waals surface area contributed by atoms with Gasteiger partial charge in [0, 0.05) is 16.2 Å². The summed E-state index contributed by atoms with van der Waals surface area (Å²) in [4.78, 5) is 0. The van der Waals surface area contributed by atoms with Crippen LogP contribution in [0.1, 0.15) is 30.9 Å². The van der Waals surface area contributed by atoms with Gasteiger partial charge in [-0.2, -0.15) is 0 Å². The highest BCUT2D eigenvalue weighted by Crippen LogP contribution is 2.46. The average Bonchev–Trinajstić information content (AvgIpc) is 2.63. The molecule has 1 heterocycles. The van der Waals surface area contributed by atoms with Crippen LogP contribution in [0.15, 0.2) is 10.5 Å². The molecule has 1 aromatic carbocycles. The van der Waals surface area contributed by atoms with Crippen LogP contribution < -0.4 is 9.47 Å². The molecule has 2 rings (SSSR count). The average molecular weight is 356 g/mol. The topological polar surface area (TPSA) is 52.6 Å². The third-order valence-electron chi connectivity index (χ3n) is 2.63. The van der Waals surface area contributed by atoms with Crippen LogP contribution in [0.4, 0.5) is 0 Å². The van der Waals surface area contributed by atoms with E-state index < -0.39 is 9.05 Å². The molecule has 18 heavy (non-hydrogen) atoms. The van der Waals surface area contributed by atoms with Gasteiger partial charge >= 0.3 is 0 Å². The third kappa shape index (κ3) is 2.75. The summed E-state index contributed by atoms with van der Waals surface area (Å²) in [6.07, 6.45) is 0. The van der Waals surface area contributed by atoms with Gasteiger partial charge in [0.25, 0.3) is 0 Å². The summed E-state index contributed by atoms with van der Waals surface area (Å²) < 4.78 is 34.0. The normalized spacial score (nSPS) is 14.3. The monoisotopic (exact) mass is 354 g/mol. The van der Waals surface area contributed by atoms with Crippen molar-refractivity contribution < 1.29 is 17.9 Å². The van der Waals surface area contributed by atoms with Crippen LogP contribution in [0.3, 0.4) is 0 Å². The number of hydrogen-bond donors (Lipinski definition) is 0. The summed E-state index contributed by atoms with van der Waals surface area (Å²) in [5.41, 5.74) is 1.46. The molecule has 0 atom stereocenters. The summed E-state index contributed by atoms with van der Waals surface area (Å²) in [6, 6.07) is 1.72. The molecule has 1 aliphatic heterocycles. The Hall–Kier alpha value is -0.460. The fraction of sp³-hybridized carbons (Fsp3) is 0.455. The van der Waals surface area contributed by atoms with Gasteiger partial charge in [0.05, 0.1) is 10.2 Å². The third-order valence-corrected chi connectivity index (χ3v) is 4.20. The van der Waals surface area contributed by atoms with Crippen LogP contribution >= 0.6 is 26.6 Å². The summed E-state index contributed by atoms with van der Waals surface area (Å²) in [6.45, 7) is 4.08. The van der Waals surface area contributed by atoms with Crippen molar-refractivity contribution in [2.45, 2.75) is 25.5 Å². The van der Waals surface area contributed by atoms with Crippen LogP contribution in [0.5, 0.6) is 11.5 Å². The molecule has 0 saturated heterocycles. The van der Waals surface area contributed by atoms with Crippen molar-refractivity contribution in [2.24, 2.45) is 0 Å². The lowest BCUT2D eigenvalue weighted by Crippen LogP contribution is -2.03. The fourth-order valence-corrected chi connectivity index (χ4v) is 3.57. The van der Waals surface area contributed by atoms with Crippen LogP contribution in [-0.2, 0) is 14.8 Å². The maximum absolute atomic E-state index is 11.3. The molecule has 0 aromatic heterocycles. The number of benzene rings is 1. The van der Waals surface area contributed by atoms with Gasteiger partial charge in [-0.05, 0) is 33.5 Å². The maximum atomic E-state index is 11.3. The molecule has 0 unspecified atom stereocenters. The van der Waals surface area contributed by atoms with E-state index in [0.29, 0.717) is 21.5 Å². The quantitative estimate of drug-likeness (QED) is 0.780. The first-order valence-corrected chi connectivity index (χ1v) is 8.60. The standard InChI is InChI=1S/C11H12BrClO4S/c1-6(2)9-7(4-18(13,14)15)3-8(12)10-11(9)17-5-16-10/h3,6H,4-5H2,1-2H3. The summed E-state index contributed by atoms with van der Waals surface area (Å²) in [5, 5.41) is 0. The Morgan fingerprint density at radius 2 is 2.00 bits per heavy atom. The van der Waals surface area contributed by atoms with E-state index in [1.165, 1.54) is 0 Å². The molecule has 0 amide bonds. The van der Waals surface area contributed by atoms with E-state index in [1.807, 2.05) is 13.8 Å². The minimum Gasteiger partial charge on any atom is -0.453 e. The molecule has 0 saturated carbocycles. The molecule has 0 fully saturated rings. The van der Waals surface area contributed by atoms with Crippen molar-refractivity contribution in [1.29, 1.82) is 0 Å². The van der Waals surface area contributed by atoms with E-state index in [2.05, 4.69) is 15.9 Å². The highest BCUT2D eigenvalue weighted by molar-refractivity contribution is 9.10. The van der Waals surface area contributed by atoms with Gasteiger partial charge < -0.3 is 9.47 Å². The molecule has 100 valence electrons. The minimum atomic E-state index is -3.61. The van der Waals surface area contributed by atoms with Gasteiger partial charge in [-0.15, -0.1) is 0 Å². The number of fused-ring (bicyclic) bond motifs is 1. The second kappa shape index (κ2) is 4.90. The lowest BCUT2D eigenvalue weighted by Gasteiger charge is -2.15. The van der Waals surface area contributed by atoms with Gasteiger partial charge in [-0.1, -0.05) is 13.8 Å². The number of rotatable bonds is 3. The van der Waals surface area contributed by atoms with Gasteiger partial charge in [0.2, 0.25) is 15.8 Å². The minimum absolute atomic E-state index is 0.113. The highest BCUT2D eigenvalue weighted by Gasteiger charge is 2.27. The molecule has 0 spiro atoms. The molecular weight excluding hydrogens is 344 g/mol. The lowest BCUT2D eigenvalue weighted by molar-refractivity contribution is 0.172. The molecule has 0 radical (unpaired) electrons. The van der Waals surface area contributed by atoms with E-state index in [4.69, 9.17) is 20.2 Å². The molecule has 0 bridgehead atoms. The SMILES string of the molecule is CC(C)c1c(CS(=O)(=O)Cl)cc(Br)c2c1OCO2. The molecular formula is C11H12BrClO4S. The lowest BCUT2D eigenvalue weighted by atomic mass is 9.96. The summed E-state index contributed by atoms with van der Waals surface area (Å²) >= 11 is 3.35. The fourth-order valence-electron chi connectivity index (χ4n) is 2.04. The molecule has 7 heteroatoms. The van der Waals surface area contributed by atoms with Gasteiger partial charge in [-0.3, -0.25) is 0 Å². The zero-order valence-electron chi connectivity index (χ0n) is 9.87. The molecule has 0 N–H and O–H groups in total. The Morgan fingerprint density at radius 1 is 1.39 bits per heavy atom. The van der Waals surface area contributed by atoms with Crippen LogP contribution in [0, 0.1) is 0 Å². The number of ether oxygens (including phenoxy) is 2. The van der Waals surface area contributed by atoms with Gasteiger partial charge in [-0.25, -0.2) is 8.42 Å². The van der Waals surface area contributed by atoms with Crippen LogP contribution in [0.25, 0.3) is 0 Å². The van der Waals surface area contributed by atoms with Crippen molar-refractivity contribution in [1.82, 2.24) is 0 Å². The largest absolute Gasteiger partial charge is 0.453 e. The molecule has 0 aliphatic carbocycles. The summed E-state index contributed by atoms with van der Waals surface area (Å²) in [5.74, 6) is 1.11. The molecule has 4 nitrogen and oxygen atoms in total. The van der Waals surface area contributed by atoms with E-state index in [-0.39, 0.29) is 18.5 Å². The Bertz CT molecular complexity index is 583. The summed E-state index contributed by atoms with van der Waals surface area (Å²) in [7, 11) is 1.72. The first-order chi connectivity index (χ1) is 8.29. The van der Waals surface area contributed by atoms with Crippen molar-refractivity contribution in [3.63, 3.8) is 0 Å². The number of hydrogen-bond acceptors (Lipinski definition) is 4. The first-order valence-electron chi connectivity index (χ1n) is 5.33. The molecule has 1 aromatic rings. The second-order valence-electron chi connectivity index (χ2n) is 4.33. The Morgan fingerprint density at radius 3 is 2.56 bits per heavy atom. The zero-order valence-corrected chi connectivity index (χ0v) is 13.0. The van der Waals surface area contributed by atoms with Gasteiger partial charge in [0.1, 0.15) is 0 Å². The predicted octanol–water partition coefficient (Wildman–Crippen LogP) is 3.37. The Kier molecular flexibility index (Phi) is 3.80. The second-order valence-corrected chi connectivity index (χ2v) is 7.97. The Balaban J connectivity index is 2.62. The van der Waals surface area contributed by atoms with Crippen molar-refractivity contribution >= 4 is 35.7 Å².